The van der Waals surface area contributed by atoms with Gasteiger partial charge in [-0.1, -0.05) is 0 Å². The van der Waals surface area contributed by atoms with E-state index in [1.807, 2.05) is 11.9 Å². The van der Waals surface area contributed by atoms with Crippen molar-refractivity contribution in [3.63, 3.8) is 0 Å². The molecule has 3 heterocycles. The van der Waals surface area contributed by atoms with Crippen molar-refractivity contribution in [2.75, 3.05) is 44.1 Å². The van der Waals surface area contributed by atoms with E-state index in [4.69, 9.17) is 4.74 Å². The van der Waals surface area contributed by atoms with Crippen LogP contribution in [0.2, 0.25) is 0 Å². The molecule has 0 atom stereocenters. The van der Waals surface area contributed by atoms with Crippen molar-refractivity contribution in [2.45, 2.75) is 18.4 Å². The van der Waals surface area contributed by atoms with Gasteiger partial charge in [-0.05, 0) is 0 Å². The number of ether oxygens (including phenoxy) is 1. The highest BCUT2D eigenvalue weighted by molar-refractivity contribution is 5.84. The molecule has 0 saturated carbocycles. The number of nitrogens with one attached hydrogen (secondary N) is 2. The molecule has 1 fully saturated rings. The van der Waals surface area contributed by atoms with Crippen molar-refractivity contribution < 1.29 is 9.84 Å². The number of aliphatic hydroxyl groups is 1. The zero-order valence-corrected chi connectivity index (χ0v) is 12.3. The Bertz CT molecular complexity index is 622. The molecule has 0 unspecified atom stereocenters. The van der Waals surface area contributed by atoms with Gasteiger partial charge in [-0.25, -0.2) is 4.98 Å². The van der Waals surface area contributed by atoms with Crippen molar-refractivity contribution in [3.8, 4) is 0 Å². The van der Waals surface area contributed by atoms with Crippen molar-refractivity contribution in [2.24, 2.45) is 0 Å². The lowest BCUT2D eigenvalue weighted by atomic mass is 9.94. The van der Waals surface area contributed by atoms with Crippen LogP contribution in [-0.2, 0) is 4.74 Å². The van der Waals surface area contributed by atoms with Crippen LogP contribution in [0.15, 0.2) is 6.33 Å². The van der Waals surface area contributed by atoms with Crippen molar-refractivity contribution >= 4 is 22.9 Å². The third-order valence-electron chi connectivity index (χ3n) is 3.81. The molecule has 3 N–H and O–H groups in total. The van der Waals surface area contributed by atoms with Gasteiger partial charge in [0.15, 0.2) is 11.5 Å². The highest BCUT2D eigenvalue weighted by Gasteiger charge is 2.32. The van der Waals surface area contributed by atoms with Crippen molar-refractivity contribution in [1.29, 1.82) is 0 Å². The number of fused-ring (bicyclic) bond motifs is 1. The van der Waals surface area contributed by atoms with E-state index in [-0.39, 0.29) is 0 Å². The quantitative estimate of drug-likeness (QED) is 0.748. The molecule has 2 aromatic heterocycles. The summed E-state index contributed by atoms with van der Waals surface area (Å²) in [7, 11) is 3.68. The summed E-state index contributed by atoms with van der Waals surface area (Å²) < 4.78 is 5.32. The molecule has 1 aliphatic rings. The third kappa shape index (κ3) is 2.77. The highest BCUT2D eigenvalue weighted by Crippen LogP contribution is 2.26. The molecule has 8 heteroatoms. The molecule has 8 nitrogen and oxygen atoms in total. The van der Waals surface area contributed by atoms with Crippen LogP contribution in [0.1, 0.15) is 12.8 Å². The van der Waals surface area contributed by atoms with E-state index in [1.165, 1.54) is 0 Å². The van der Waals surface area contributed by atoms with Crippen LogP contribution < -0.4 is 10.2 Å². The molecule has 1 saturated heterocycles. The van der Waals surface area contributed by atoms with Crippen LogP contribution in [0.4, 0.5) is 11.8 Å². The lowest BCUT2D eigenvalue weighted by molar-refractivity contribution is -0.0573. The largest absolute Gasteiger partial charge is 0.388 e. The van der Waals surface area contributed by atoms with Gasteiger partial charge in [0.25, 0.3) is 0 Å². The Morgan fingerprint density at radius 2 is 2.19 bits per heavy atom. The second kappa shape index (κ2) is 5.45. The van der Waals surface area contributed by atoms with Gasteiger partial charge in [-0.15, -0.1) is 0 Å². The van der Waals surface area contributed by atoms with Gasteiger partial charge in [0.05, 0.1) is 11.9 Å². The third-order valence-corrected chi connectivity index (χ3v) is 3.81. The topological polar surface area (TPSA) is 99.2 Å². The lowest BCUT2D eigenvalue weighted by Gasteiger charge is -2.35. The average molecular weight is 292 g/mol. The fraction of sp³-hybridized carbons (Fsp3) is 0.615. The molecule has 0 amide bonds. The van der Waals surface area contributed by atoms with Crippen LogP contribution in [0, 0.1) is 0 Å². The first-order valence-corrected chi connectivity index (χ1v) is 7.01. The fourth-order valence-corrected chi connectivity index (χ4v) is 2.63. The Labute approximate surface area is 122 Å². The summed E-state index contributed by atoms with van der Waals surface area (Å²) in [4.78, 5) is 17.9. The Kier molecular flexibility index (Phi) is 3.64. The van der Waals surface area contributed by atoms with Gasteiger partial charge in [-0.3, -0.25) is 0 Å². The lowest BCUT2D eigenvalue weighted by Crippen LogP contribution is -2.46. The van der Waals surface area contributed by atoms with Crippen LogP contribution >= 0.6 is 0 Å². The van der Waals surface area contributed by atoms with Gasteiger partial charge in [0.1, 0.15) is 5.52 Å². The smallest absolute Gasteiger partial charge is 0.226 e. The maximum Gasteiger partial charge on any atom is 0.226 e. The van der Waals surface area contributed by atoms with E-state index >= 15 is 0 Å². The normalized spacial score (nSPS) is 17.9. The number of hydrogen-bond donors (Lipinski definition) is 3. The van der Waals surface area contributed by atoms with E-state index in [0.29, 0.717) is 44.2 Å². The average Bonchev–Trinajstić information content (AvgIpc) is 2.94. The van der Waals surface area contributed by atoms with E-state index in [9.17, 15) is 5.11 Å². The molecule has 0 spiro atoms. The summed E-state index contributed by atoms with van der Waals surface area (Å²) in [5.41, 5.74) is 0.631. The number of nitrogens with zero attached hydrogens (tertiary/aromatic N) is 4. The molecule has 21 heavy (non-hydrogen) atoms. The minimum absolute atomic E-state index is 0.491. The number of aromatic amines is 1. The summed E-state index contributed by atoms with van der Waals surface area (Å²) >= 11 is 0. The van der Waals surface area contributed by atoms with Gasteiger partial charge in [0, 0.05) is 46.7 Å². The van der Waals surface area contributed by atoms with E-state index in [1.54, 1.807) is 13.4 Å². The van der Waals surface area contributed by atoms with Crippen LogP contribution in [0.25, 0.3) is 11.2 Å². The molecule has 0 aliphatic carbocycles. The second-order valence-electron chi connectivity index (χ2n) is 5.41. The molecular weight excluding hydrogens is 272 g/mol. The minimum Gasteiger partial charge on any atom is -0.388 e. The maximum absolute atomic E-state index is 10.6. The fourth-order valence-electron chi connectivity index (χ4n) is 2.63. The monoisotopic (exact) mass is 292 g/mol. The number of aromatic nitrogens is 4. The molecule has 0 radical (unpaired) electrons. The van der Waals surface area contributed by atoms with Crippen molar-refractivity contribution in [1.82, 2.24) is 19.9 Å². The first kappa shape index (κ1) is 14.0. The first-order chi connectivity index (χ1) is 10.1. The van der Waals surface area contributed by atoms with E-state index < -0.39 is 5.60 Å². The summed E-state index contributed by atoms with van der Waals surface area (Å²) in [5.74, 6) is 1.23. The van der Waals surface area contributed by atoms with E-state index in [2.05, 4.69) is 25.3 Å². The number of H-pyrrole nitrogens is 1. The zero-order chi connectivity index (χ0) is 14.9. The minimum atomic E-state index is -0.746. The first-order valence-electron chi connectivity index (χ1n) is 7.01. The van der Waals surface area contributed by atoms with Gasteiger partial charge < -0.3 is 25.0 Å². The molecule has 0 aromatic carbocycles. The Morgan fingerprint density at radius 1 is 1.43 bits per heavy atom. The number of hydrogen-bond acceptors (Lipinski definition) is 7. The molecule has 2 aromatic rings. The SMILES string of the molecule is CNc1nc(N(C)CC2(O)CCOCC2)c2[nH]cnc2n1. The zero-order valence-electron chi connectivity index (χ0n) is 12.3. The number of likely N-dealkylation sites (N-methyl/N-ethyl adjacent to an activating group) is 1. The van der Waals surface area contributed by atoms with Crippen molar-refractivity contribution in [3.05, 3.63) is 6.33 Å². The molecule has 1 aliphatic heterocycles. The van der Waals surface area contributed by atoms with E-state index in [0.717, 1.165) is 11.3 Å². The summed E-state index contributed by atoms with van der Waals surface area (Å²) in [6.45, 7) is 1.68. The Hall–Kier alpha value is -1.93. The standard InChI is InChI=1S/C13H20N6O2/c1-14-12-17-10-9(15-8-16-10)11(18-12)19(2)7-13(20)3-5-21-6-4-13/h8,20H,3-7H2,1-2H3,(H2,14,15,16,17,18). The Balaban J connectivity index is 1.89. The molecule has 0 bridgehead atoms. The molecule has 3 rings (SSSR count). The van der Waals surface area contributed by atoms with Gasteiger partial charge in [-0.2, -0.15) is 9.97 Å². The number of imidazole rings is 1. The second-order valence-corrected chi connectivity index (χ2v) is 5.41. The van der Waals surface area contributed by atoms with Gasteiger partial charge >= 0.3 is 0 Å². The van der Waals surface area contributed by atoms with Gasteiger partial charge in [0.2, 0.25) is 5.95 Å². The van der Waals surface area contributed by atoms with Crippen LogP contribution in [-0.4, -0.2) is 64.5 Å². The predicted octanol–water partition coefficient (Wildman–Crippen LogP) is 0.372. The summed E-state index contributed by atoms with van der Waals surface area (Å²) in [6, 6.07) is 0. The predicted molar refractivity (Wildman–Crippen MR) is 79.5 cm³/mol. The highest BCUT2D eigenvalue weighted by atomic mass is 16.5. The number of rotatable bonds is 4. The molecule has 114 valence electrons. The number of anilines is 2. The summed E-state index contributed by atoms with van der Waals surface area (Å²) in [5, 5.41) is 13.6. The maximum atomic E-state index is 10.6. The summed E-state index contributed by atoms with van der Waals surface area (Å²) in [6.07, 6.45) is 2.86. The van der Waals surface area contributed by atoms with Crippen LogP contribution in [0.5, 0.6) is 0 Å². The Morgan fingerprint density at radius 3 is 2.90 bits per heavy atom. The molecular formula is C13H20N6O2. The van der Waals surface area contributed by atoms with Crippen LogP contribution in [0.3, 0.4) is 0 Å².